The molecule has 0 bridgehead atoms. The maximum Gasteiger partial charge on any atom is 0.324 e. The lowest BCUT2D eigenvalue weighted by Crippen LogP contribution is -2.53. The first-order chi connectivity index (χ1) is 9.62. The van der Waals surface area contributed by atoms with Crippen molar-refractivity contribution in [1.82, 2.24) is 10.2 Å². The lowest BCUT2D eigenvalue weighted by molar-refractivity contribution is -0.146. The van der Waals surface area contributed by atoms with Crippen molar-refractivity contribution < 1.29 is 9.90 Å². The Kier molecular flexibility index (Phi) is 5.44. The lowest BCUT2D eigenvalue weighted by Gasteiger charge is -2.35. The Labute approximate surface area is 122 Å². The molecule has 1 heterocycles. The van der Waals surface area contributed by atoms with Gasteiger partial charge in [0.1, 0.15) is 5.54 Å². The summed E-state index contributed by atoms with van der Waals surface area (Å²) >= 11 is 0. The average molecular weight is 282 g/mol. The lowest BCUT2D eigenvalue weighted by atomic mass is 9.84. The minimum absolute atomic E-state index is 0.286. The summed E-state index contributed by atoms with van der Waals surface area (Å²) in [6.45, 7) is 5.75. The largest absolute Gasteiger partial charge is 0.480 e. The van der Waals surface area contributed by atoms with E-state index in [1.807, 2.05) is 0 Å². The second-order valence-corrected chi connectivity index (χ2v) is 6.60. The molecule has 2 rings (SSSR count). The van der Waals surface area contributed by atoms with Gasteiger partial charge in [0, 0.05) is 0 Å². The van der Waals surface area contributed by atoms with E-state index in [2.05, 4.69) is 17.1 Å². The van der Waals surface area contributed by atoms with Crippen LogP contribution in [0, 0.1) is 11.8 Å². The Morgan fingerprint density at radius 3 is 2.60 bits per heavy atom. The van der Waals surface area contributed by atoms with Gasteiger partial charge in [0.05, 0.1) is 0 Å². The van der Waals surface area contributed by atoms with Gasteiger partial charge in [0.2, 0.25) is 0 Å². The third kappa shape index (κ3) is 3.17. The molecule has 2 N–H and O–H groups in total. The van der Waals surface area contributed by atoms with Crippen LogP contribution in [-0.4, -0.2) is 48.2 Å². The molecule has 2 aliphatic rings. The molecule has 0 aromatic carbocycles. The van der Waals surface area contributed by atoms with Crippen molar-refractivity contribution >= 4 is 5.97 Å². The standard InChI is InChI=1S/C16H30N2O2/c1-3-13-6-10-18(11-7-13)12-8-14-5-4-9-16(14,17-2)15(19)20/h13-14,17H,3-12H2,1-2H3,(H,19,20). The van der Waals surface area contributed by atoms with Crippen LogP contribution in [0.2, 0.25) is 0 Å². The molecule has 1 aliphatic carbocycles. The first-order valence-corrected chi connectivity index (χ1v) is 8.27. The summed E-state index contributed by atoms with van der Waals surface area (Å²) in [5.41, 5.74) is -0.665. The van der Waals surface area contributed by atoms with E-state index in [9.17, 15) is 9.90 Å². The molecule has 4 heteroatoms. The Morgan fingerprint density at radius 1 is 1.35 bits per heavy atom. The van der Waals surface area contributed by atoms with Gasteiger partial charge in [-0.25, -0.2) is 0 Å². The van der Waals surface area contributed by atoms with Crippen LogP contribution in [0.5, 0.6) is 0 Å². The predicted octanol–water partition coefficient (Wildman–Crippen LogP) is 2.34. The number of likely N-dealkylation sites (tertiary alicyclic amines) is 1. The molecule has 0 radical (unpaired) electrons. The number of aliphatic carboxylic acids is 1. The van der Waals surface area contributed by atoms with E-state index in [-0.39, 0.29) is 5.92 Å². The average Bonchev–Trinajstić information content (AvgIpc) is 2.90. The maximum atomic E-state index is 11.6. The van der Waals surface area contributed by atoms with Crippen molar-refractivity contribution in [1.29, 1.82) is 0 Å². The molecule has 116 valence electrons. The summed E-state index contributed by atoms with van der Waals surface area (Å²) in [5, 5.41) is 12.7. The molecular weight excluding hydrogens is 252 g/mol. The first-order valence-electron chi connectivity index (χ1n) is 8.27. The fourth-order valence-corrected chi connectivity index (χ4v) is 4.14. The molecule has 2 fully saturated rings. The quantitative estimate of drug-likeness (QED) is 0.785. The summed E-state index contributed by atoms with van der Waals surface area (Å²) < 4.78 is 0. The van der Waals surface area contributed by atoms with Gasteiger partial charge in [-0.15, -0.1) is 0 Å². The van der Waals surface area contributed by atoms with Crippen molar-refractivity contribution in [3.05, 3.63) is 0 Å². The number of nitrogens with zero attached hydrogens (tertiary/aromatic N) is 1. The fourth-order valence-electron chi connectivity index (χ4n) is 4.14. The monoisotopic (exact) mass is 282 g/mol. The summed E-state index contributed by atoms with van der Waals surface area (Å²) in [4.78, 5) is 14.2. The number of carboxylic acids is 1. The van der Waals surface area contributed by atoms with Gasteiger partial charge in [-0.3, -0.25) is 4.79 Å². The first kappa shape index (κ1) is 15.8. The van der Waals surface area contributed by atoms with Gasteiger partial charge in [-0.1, -0.05) is 19.8 Å². The topological polar surface area (TPSA) is 52.6 Å². The predicted molar refractivity (Wildman–Crippen MR) is 80.8 cm³/mol. The molecule has 2 unspecified atom stereocenters. The zero-order valence-corrected chi connectivity index (χ0v) is 13.0. The molecule has 1 saturated carbocycles. The molecular formula is C16H30N2O2. The Hall–Kier alpha value is -0.610. The molecule has 20 heavy (non-hydrogen) atoms. The summed E-state index contributed by atoms with van der Waals surface area (Å²) in [5.74, 6) is 0.536. The van der Waals surface area contributed by atoms with Crippen LogP contribution in [0.25, 0.3) is 0 Å². The van der Waals surface area contributed by atoms with E-state index in [0.717, 1.165) is 38.1 Å². The van der Waals surface area contributed by atoms with E-state index >= 15 is 0 Å². The van der Waals surface area contributed by atoms with Crippen LogP contribution in [0.15, 0.2) is 0 Å². The van der Waals surface area contributed by atoms with E-state index in [1.54, 1.807) is 7.05 Å². The zero-order valence-electron chi connectivity index (χ0n) is 13.0. The van der Waals surface area contributed by atoms with E-state index in [0.29, 0.717) is 0 Å². The zero-order chi connectivity index (χ0) is 14.6. The molecule has 1 saturated heterocycles. The van der Waals surface area contributed by atoms with Gasteiger partial charge in [0.15, 0.2) is 0 Å². The number of carboxylic acid groups (broad SMARTS) is 1. The molecule has 1 aliphatic heterocycles. The van der Waals surface area contributed by atoms with Crippen molar-refractivity contribution in [2.24, 2.45) is 11.8 Å². The minimum atomic E-state index is -0.665. The van der Waals surface area contributed by atoms with Crippen LogP contribution in [0.3, 0.4) is 0 Å². The van der Waals surface area contributed by atoms with Crippen molar-refractivity contribution in [2.75, 3.05) is 26.7 Å². The minimum Gasteiger partial charge on any atom is -0.480 e. The SMILES string of the molecule is CCC1CCN(CCC2CCCC2(NC)C(=O)O)CC1. The summed E-state index contributed by atoms with van der Waals surface area (Å²) in [7, 11) is 1.80. The van der Waals surface area contributed by atoms with Gasteiger partial charge in [-0.05, 0) is 70.6 Å². The third-order valence-corrected chi connectivity index (χ3v) is 5.73. The Balaban J connectivity index is 1.83. The molecule has 0 amide bonds. The summed E-state index contributed by atoms with van der Waals surface area (Å²) in [6, 6.07) is 0. The Morgan fingerprint density at radius 2 is 2.05 bits per heavy atom. The van der Waals surface area contributed by atoms with Crippen molar-refractivity contribution in [3.63, 3.8) is 0 Å². The normalized spacial score (nSPS) is 32.6. The molecule has 0 aromatic heterocycles. The molecule has 4 nitrogen and oxygen atoms in total. The van der Waals surface area contributed by atoms with Crippen LogP contribution < -0.4 is 5.32 Å². The number of hydrogen-bond acceptors (Lipinski definition) is 3. The smallest absolute Gasteiger partial charge is 0.324 e. The number of piperidine rings is 1. The molecule has 0 spiro atoms. The highest BCUT2D eigenvalue weighted by molar-refractivity contribution is 5.79. The van der Waals surface area contributed by atoms with Crippen molar-refractivity contribution in [3.8, 4) is 0 Å². The number of rotatable bonds is 6. The second kappa shape index (κ2) is 6.90. The van der Waals surface area contributed by atoms with Gasteiger partial charge in [0.25, 0.3) is 0 Å². The van der Waals surface area contributed by atoms with Gasteiger partial charge in [-0.2, -0.15) is 0 Å². The molecule has 0 aromatic rings. The Bertz CT molecular complexity index is 326. The van der Waals surface area contributed by atoms with E-state index in [4.69, 9.17) is 0 Å². The van der Waals surface area contributed by atoms with Gasteiger partial charge < -0.3 is 15.3 Å². The number of likely N-dealkylation sites (N-methyl/N-ethyl adjacent to an activating group) is 1. The highest BCUT2D eigenvalue weighted by Crippen LogP contribution is 2.38. The van der Waals surface area contributed by atoms with E-state index in [1.165, 1.54) is 32.4 Å². The second-order valence-electron chi connectivity index (χ2n) is 6.60. The van der Waals surface area contributed by atoms with Crippen molar-refractivity contribution in [2.45, 2.75) is 57.4 Å². The highest BCUT2D eigenvalue weighted by atomic mass is 16.4. The maximum absolute atomic E-state index is 11.6. The fraction of sp³-hybridized carbons (Fsp3) is 0.938. The van der Waals surface area contributed by atoms with Crippen LogP contribution >= 0.6 is 0 Å². The van der Waals surface area contributed by atoms with E-state index < -0.39 is 11.5 Å². The number of hydrogen-bond donors (Lipinski definition) is 2. The van der Waals surface area contributed by atoms with Crippen LogP contribution in [0.1, 0.15) is 51.9 Å². The van der Waals surface area contributed by atoms with Gasteiger partial charge >= 0.3 is 5.97 Å². The number of nitrogens with one attached hydrogen (secondary N) is 1. The van der Waals surface area contributed by atoms with Crippen LogP contribution in [-0.2, 0) is 4.79 Å². The number of carbonyl (C=O) groups is 1. The molecule has 2 atom stereocenters. The highest BCUT2D eigenvalue weighted by Gasteiger charge is 2.47. The van der Waals surface area contributed by atoms with Crippen LogP contribution in [0.4, 0.5) is 0 Å². The third-order valence-electron chi connectivity index (χ3n) is 5.73. The summed E-state index contributed by atoms with van der Waals surface area (Å²) in [6.07, 6.45) is 7.83.